The van der Waals surface area contributed by atoms with Gasteiger partial charge in [0, 0.05) is 11.8 Å². The van der Waals surface area contributed by atoms with Crippen LogP contribution in [-0.4, -0.2) is 11.8 Å². The number of nitrogens with zero attached hydrogens (tertiary/aromatic N) is 3. The minimum Gasteiger partial charge on any atom is -0.404 e. The van der Waals surface area contributed by atoms with Crippen molar-refractivity contribution in [3.63, 3.8) is 0 Å². The second-order valence-electron chi connectivity index (χ2n) is 7.80. The van der Waals surface area contributed by atoms with Gasteiger partial charge in [-0.1, -0.05) is 36.3 Å². The summed E-state index contributed by atoms with van der Waals surface area (Å²) in [6.07, 6.45) is 2.11. The Morgan fingerprint density at radius 2 is 1.79 bits per heavy atom. The van der Waals surface area contributed by atoms with Crippen molar-refractivity contribution in [2.24, 2.45) is 7.05 Å². The maximum atomic E-state index is 6.34. The van der Waals surface area contributed by atoms with Crippen LogP contribution in [0.2, 0.25) is 6.82 Å². The van der Waals surface area contributed by atoms with Crippen LogP contribution in [0.15, 0.2) is 71.2 Å². The number of anilines is 2. The molecule has 1 aromatic carbocycles. The van der Waals surface area contributed by atoms with E-state index in [9.17, 15) is 0 Å². The lowest BCUT2D eigenvalue weighted by molar-refractivity contribution is -0.658. The summed E-state index contributed by atoms with van der Waals surface area (Å²) in [7, 11) is 2.08. The first kappa shape index (κ1) is 17.7. The van der Waals surface area contributed by atoms with Gasteiger partial charge in [-0.15, -0.1) is 0 Å². The van der Waals surface area contributed by atoms with Gasteiger partial charge in [-0.25, -0.2) is 9.55 Å². The Bertz CT molecular complexity index is 1260. The van der Waals surface area contributed by atoms with E-state index < -0.39 is 0 Å². The van der Waals surface area contributed by atoms with Gasteiger partial charge in [0.1, 0.15) is 0 Å². The number of rotatable bonds is 2. The molecule has 0 saturated heterocycles. The summed E-state index contributed by atoms with van der Waals surface area (Å²) < 4.78 is 8.49. The minimum atomic E-state index is 0.168. The number of hydrogen-bond acceptors (Lipinski definition) is 3. The third-order valence-corrected chi connectivity index (χ3v) is 5.67. The van der Waals surface area contributed by atoms with E-state index in [4.69, 9.17) is 4.42 Å². The molecule has 142 valence electrons. The van der Waals surface area contributed by atoms with E-state index in [2.05, 4.69) is 89.8 Å². The van der Waals surface area contributed by atoms with Crippen LogP contribution in [-0.2, 0) is 7.05 Å². The van der Waals surface area contributed by atoms with Gasteiger partial charge in [0.2, 0.25) is 5.71 Å². The molecule has 3 aromatic heterocycles. The van der Waals surface area contributed by atoms with Gasteiger partial charge in [0.05, 0.1) is 24.2 Å². The lowest BCUT2D eigenvalue weighted by Crippen LogP contribution is -2.43. The first-order valence-corrected chi connectivity index (χ1v) is 9.96. The molecular weight excluding hydrogens is 357 g/mol. The quantitative estimate of drug-likeness (QED) is 0.348. The summed E-state index contributed by atoms with van der Waals surface area (Å²) >= 11 is 0. The number of aryl methyl sites for hydroxylation is 2. The fourth-order valence-electron chi connectivity index (χ4n) is 4.23. The van der Waals surface area contributed by atoms with Gasteiger partial charge in [-0.3, -0.25) is 4.81 Å². The second kappa shape index (κ2) is 6.62. The Balaban J connectivity index is 1.72. The minimum absolute atomic E-state index is 0.168. The molecule has 0 aliphatic carbocycles. The Labute approximate surface area is 171 Å². The summed E-state index contributed by atoms with van der Waals surface area (Å²) in [5.41, 5.74) is 6.41. The van der Waals surface area contributed by atoms with Gasteiger partial charge in [-0.05, 0) is 55.6 Å². The topological polar surface area (TPSA) is 33.2 Å². The smallest absolute Gasteiger partial charge is 0.404 e. The van der Waals surface area contributed by atoms with Gasteiger partial charge >= 0.3 is 6.85 Å². The first-order chi connectivity index (χ1) is 14.0. The largest absolute Gasteiger partial charge is 0.406 e. The molecular formula is C24H23BN3O+. The lowest BCUT2D eigenvalue weighted by Gasteiger charge is -2.24. The van der Waals surface area contributed by atoms with Crippen LogP contribution in [0.3, 0.4) is 0 Å². The molecule has 0 fully saturated rings. The summed E-state index contributed by atoms with van der Waals surface area (Å²) in [5, 5.41) is 1.07. The monoisotopic (exact) mass is 380 g/mol. The van der Waals surface area contributed by atoms with E-state index in [0.717, 1.165) is 28.3 Å². The second-order valence-corrected chi connectivity index (χ2v) is 7.80. The highest BCUT2D eigenvalue weighted by Gasteiger charge is 2.39. The molecule has 1 aliphatic rings. The van der Waals surface area contributed by atoms with Crippen LogP contribution < -0.4 is 9.38 Å². The van der Waals surface area contributed by atoms with E-state index in [1.807, 2.05) is 19.1 Å². The Morgan fingerprint density at radius 1 is 1.00 bits per heavy atom. The molecule has 1 aliphatic heterocycles. The molecule has 0 atom stereocenters. The molecule has 0 N–H and O–H groups in total. The number of aromatic nitrogens is 2. The Kier molecular flexibility index (Phi) is 4.05. The molecule has 5 rings (SSSR count). The van der Waals surface area contributed by atoms with Crippen molar-refractivity contribution in [3.05, 3.63) is 78.0 Å². The van der Waals surface area contributed by atoms with E-state index in [1.165, 1.54) is 16.7 Å². The van der Waals surface area contributed by atoms with E-state index in [0.29, 0.717) is 5.71 Å². The average molecular weight is 380 g/mol. The van der Waals surface area contributed by atoms with Crippen LogP contribution in [0.25, 0.3) is 27.8 Å². The molecule has 0 unspecified atom stereocenters. The lowest BCUT2D eigenvalue weighted by atomic mass is 9.59. The third kappa shape index (κ3) is 2.85. The molecule has 4 heterocycles. The number of fused-ring (bicyclic) bond motifs is 3. The molecule has 5 heteroatoms. The standard InChI is InChI=1S/C24H23BN3O/c1-16-15-25(3)28(24-22(16)20-11-10-17(2)26-23(20)29-24)21-14-19(12-13-27(21)4)18-8-6-5-7-9-18/h5-15H,1-4H3/q+1. The zero-order valence-electron chi connectivity index (χ0n) is 17.2. The van der Waals surface area contributed by atoms with Crippen molar-refractivity contribution >= 4 is 35.2 Å². The number of allylic oxidation sites excluding steroid dienone is 1. The fraction of sp³-hybridized carbons (Fsp3) is 0.167. The van der Waals surface area contributed by atoms with E-state index in [-0.39, 0.29) is 6.85 Å². The van der Waals surface area contributed by atoms with Crippen molar-refractivity contribution in [2.75, 3.05) is 4.81 Å². The molecule has 0 radical (unpaired) electrons. The zero-order chi connectivity index (χ0) is 20.1. The fourth-order valence-corrected chi connectivity index (χ4v) is 4.23. The van der Waals surface area contributed by atoms with Gasteiger partial charge in [0.15, 0.2) is 0 Å². The Morgan fingerprint density at radius 3 is 2.59 bits per heavy atom. The van der Waals surface area contributed by atoms with Crippen LogP contribution in [0.5, 0.6) is 0 Å². The summed E-state index contributed by atoms with van der Waals surface area (Å²) in [5.74, 6) is 4.25. The summed E-state index contributed by atoms with van der Waals surface area (Å²) in [6, 6.07) is 19.0. The molecule has 4 nitrogen and oxygen atoms in total. The van der Waals surface area contributed by atoms with Gasteiger partial charge < -0.3 is 4.42 Å². The molecule has 0 spiro atoms. The molecule has 4 aromatic rings. The van der Waals surface area contributed by atoms with Crippen molar-refractivity contribution < 1.29 is 8.98 Å². The summed E-state index contributed by atoms with van der Waals surface area (Å²) in [4.78, 5) is 6.90. The molecule has 0 bridgehead atoms. The summed E-state index contributed by atoms with van der Waals surface area (Å²) in [6.45, 7) is 6.52. The van der Waals surface area contributed by atoms with Gasteiger partial charge in [-0.2, -0.15) is 0 Å². The van der Waals surface area contributed by atoms with Gasteiger partial charge in [0.25, 0.3) is 11.7 Å². The SMILES string of the molecule is CB1C=C(C)c2c(oc3nc(C)ccc23)N1c1cc(-c2ccccc2)cc[n+]1C. The van der Waals surface area contributed by atoms with Crippen molar-refractivity contribution in [2.45, 2.75) is 20.7 Å². The highest BCUT2D eigenvalue weighted by Crippen LogP contribution is 2.43. The number of pyridine rings is 2. The van der Waals surface area contributed by atoms with Crippen molar-refractivity contribution in [3.8, 4) is 11.1 Å². The molecule has 0 saturated carbocycles. The first-order valence-electron chi connectivity index (χ1n) is 9.96. The van der Waals surface area contributed by atoms with Crippen LogP contribution >= 0.6 is 0 Å². The number of hydrogen-bond donors (Lipinski definition) is 0. The van der Waals surface area contributed by atoms with Crippen LogP contribution in [0.1, 0.15) is 18.2 Å². The maximum absolute atomic E-state index is 6.34. The predicted octanol–water partition coefficient (Wildman–Crippen LogP) is 5.34. The molecule has 0 amide bonds. The number of benzene rings is 1. The van der Waals surface area contributed by atoms with E-state index >= 15 is 0 Å². The van der Waals surface area contributed by atoms with E-state index in [1.54, 1.807) is 0 Å². The highest BCUT2D eigenvalue weighted by molar-refractivity contribution is 6.70. The van der Waals surface area contributed by atoms with Crippen LogP contribution in [0, 0.1) is 6.92 Å². The van der Waals surface area contributed by atoms with Crippen molar-refractivity contribution in [1.29, 1.82) is 0 Å². The third-order valence-electron chi connectivity index (χ3n) is 5.67. The maximum Gasteiger partial charge on any atom is 0.406 e. The van der Waals surface area contributed by atoms with Crippen molar-refractivity contribution in [1.82, 2.24) is 4.98 Å². The predicted molar refractivity (Wildman–Crippen MR) is 119 cm³/mol. The highest BCUT2D eigenvalue weighted by atomic mass is 16.4. The Hall–Kier alpha value is -3.34. The average Bonchev–Trinajstić information content (AvgIpc) is 3.08. The van der Waals surface area contributed by atoms with Crippen LogP contribution in [0.4, 0.5) is 11.7 Å². The zero-order valence-corrected chi connectivity index (χ0v) is 17.2. The number of furan rings is 1. The normalized spacial score (nSPS) is 13.6. The molecule has 29 heavy (non-hydrogen) atoms.